The number of rotatable bonds is 18. The standard InChI is InChI=1S/C48H77N4O6/c1-30(2)8-9-36(22-37-24-48(49)52-29-38(37)21-32-18-19-50-27-32)43(54)16-12-33-11-15-40(45(56)17-13-34-23-47(58-3)46(57)26-41(33)34)44(55)7-5-4-6-31-20-35-10-14-39(53)25-42(35)51-28-31/h18-19,27,30-31,33-38,40-44,46-48,51-52,54-55,57H,4-10,12-14,16-17,20-26,28-29,49H2,1-3H3/q+1/p+2. The molecule has 9 N–H and O–H groups in total. The summed E-state index contributed by atoms with van der Waals surface area (Å²) in [6.07, 6.45) is 17.9. The van der Waals surface area contributed by atoms with E-state index in [0.717, 1.165) is 83.7 Å². The van der Waals surface area contributed by atoms with Crippen molar-refractivity contribution in [2.45, 2.75) is 172 Å². The zero-order chi connectivity index (χ0) is 41.2. The van der Waals surface area contributed by atoms with Gasteiger partial charge in [-0.2, -0.15) is 0 Å². The Kier molecular flexibility index (Phi) is 17.3. The number of quaternary nitrogens is 2. The first-order valence-corrected chi connectivity index (χ1v) is 23.6. The van der Waals surface area contributed by atoms with E-state index in [4.69, 9.17) is 10.5 Å². The molecule has 6 rings (SSSR count). The van der Waals surface area contributed by atoms with Crippen LogP contribution in [0.25, 0.3) is 0 Å². The van der Waals surface area contributed by atoms with Gasteiger partial charge in [-0.1, -0.05) is 45.0 Å². The van der Waals surface area contributed by atoms with Gasteiger partial charge in [-0.15, -0.1) is 4.99 Å². The number of aliphatic imine (C=N–C) groups is 1. The lowest BCUT2D eigenvalue weighted by Gasteiger charge is -2.41. The molecule has 2 saturated heterocycles. The highest BCUT2D eigenvalue weighted by atomic mass is 16.5. The maximum atomic E-state index is 13.8. The van der Waals surface area contributed by atoms with E-state index >= 15 is 0 Å². The molecule has 3 aliphatic heterocycles. The van der Waals surface area contributed by atoms with Crippen LogP contribution in [0.2, 0.25) is 0 Å². The zero-order valence-corrected chi connectivity index (χ0v) is 36.1. The Bertz CT molecular complexity index is 1460. The summed E-state index contributed by atoms with van der Waals surface area (Å²) in [7, 11) is 1.66. The van der Waals surface area contributed by atoms with Gasteiger partial charge in [0.25, 0.3) is 0 Å². The van der Waals surface area contributed by atoms with Crippen molar-refractivity contribution >= 4 is 17.8 Å². The molecule has 0 aromatic heterocycles. The Morgan fingerprint density at radius 3 is 2.55 bits per heavy atom. The number of allylic oxidation sites excluding steroid dienone is 1. The first kappa shape index (κ1) is 45.4. The number of hydrogen-bond donors (Lipinski definition) is 6. The third-order valence-corrected chi connectivity index (χ3v) is 15.6. The number of hydrogen-bond acceptors (Lipinski definition) is 8. The number of carbonyl (C=O) groups is 2. The molecule has 3 heterocycles. The van der Waals surface area contributed by atoms with Crippen molar-refractivity contribution in [3.63, 3.8) is 0 Å². The fourth-order valence-corrected chi connectivity index (χ4v) is 12.0. The fourth-order valence-electron chi connectivity index (χ4n) is 12.0. The molecule has 15 atom stereocenters. The summed E-state index contributed by atoms with van der Waals surface area (Å²) in [4.78, 5) is 30.0. The molecule has 0 bridgehead atoms. The Labute approximate surface area is 349 Å². The van der Waals surface area contributed by atoms with Crippen LogP contribution < -0.4 is 16.4 Å². The van der Waals surface area contributed by atoms with Crippen molar-refractivity contribution in [3.05, 3.63) is 18.2 Å². The van der Waals surface area contributed by atoms with E-state index in [0.29, 0.717) is 86.4 Å². The van der Waals surface area contributed by atoms with Gasteiger partial charge in [0.1, 0.15) is 35.8 Å². The maximum absolute atomic E-state index is 13.8. The normalized spacial score (nSPS) is 36.9. The second-order valence-electron chi connectivity index (χ2n) is 20.1. The van der Waals surface area contributed by atoms with Crippen LogP contribution >= 0.6 is 0 Å². The van der Waals surface area contributed by atoms with Gasteiger partial charge in [0.05, 0.1) is 56.0 Å². The summed E-state index contributed by atoms with van der Waals surface area (Å²) in [5, 5.41) is 39.5. The molecule has 4 fully saturated rings. The monoisotopic (exact) mass is 808 g/mol. The molecule has 0 aromatic rings. The van der Waals surface area contributed by atoms with Crippen molar-refractivity contribution in [3.8, 4) is 11.8 Å². The minimum absolute atomic E-state index is 0.0306. The van der Waals surface area contributed by atoms with Gasteiger partial charge in [0, 0.05) is 56.5 Å². The van der Waals surface area contributed by atoms with E-state index in [-0.39, 0.29) is 41.7 Å². The number of aliphatic hydroxyl groups is 3. The smallest absolute Gasteiger partial charge is 0.176 e. The number of fused-ring (bicyclic) bond motifs is 2. The number of aliphatic hydroxyl groups excluding tert-OH is 3. The Hall–Kier alpha value is -2.10. The molecule has 0 amide bonds. The first-order chi connectivity index (χ1) is 28.0. The third-order valence-electron chi connectivity index (χ3n) is 15.6. The van der Waals surface area contributed by atoms with Gasteiger partial charge < -0.3 is 30.7 Å². The topological polar surface area (TPSA) is 176 Å². The van der Waals surface area contributed by atoms with Gasteiger partial charge in [-0.3, -0.25) is 15.3 Å². The maximum Gasteiger partial charge on any atom is 0.176 e. The summed E-state index contributed by atoms with van der Waals surface area (Å²) in [5.41, 5.74) is 7.80. The van der Waals surface area contributed by atoms with Crippen molar-refractivity contribution in [1.82, 2.24) is 0 Å². The number of ketones is 2. The largest absolute Gasteiger partial charge is 0.393 e. The van der Waals surface area contributed by atoms with Crippen LogP contribution in [0.5, 0.6) is 0 Å². The Morgan fingerprint density at radius 2 is 1.78 bits per heavy atom. The second kappa shape index (κ2) is 22.1. The van der Waals surface area contributed by atoms with Crippen molar-refractivity contribution in [1.29, 1.82) is 0 Å². The molecule has 6 aliphatic rings. The number of nitrogens with two attached hydrogens (primary N) is 3. The van der Waals surface area contributed by atoms with Crippen LogP contribution in [-0.2, 0) is 14.3 Å². The average Bonchev–Trinajstić information content (AvgIpc) is 3.74. The number of piperidine rings is 2. The number of methoxy groups -OCH3 is 1. The molecule has 2 saturated carbocycles. The average molecular weight is 808 g/mol. The van der Waals surface area contributed by atoms with Crippen LogP contribution in [0.15, 0.2) is 16.6 Å². The summed E-state index contributed by atoms with van der Waals surface area (Å²) in [5.74, 6) is 9.77. The number of nitrogens with zero attached hydrogens (tertiary/aromatic N) is 1. The van der Waals surface area contributed by atoms with Gasteiger partial charge in [-0.25, -0.2) is 0 Å². The lowest BCUT2D eigenvalue weighted by Crippen LogP contribution is -2.96. The molecule has 0 radical (unpaired) electrons. The molecule has 0 spiro atoms. The summed E-state index contributed by atoms with van der Waals surface area (Å²) in [6.45, 7) is 8.46. The number of carbonyl (C=O) groups excluding carboxylic acids is 2. The van der Waals surface area contributed by atoms with Crippen molar-refractivity contribution in [2.75, 3.05) is 20.2 Å². The molecule has 324 valence electrons. The molecular formula is C48H79N4O6+3. The fraction of sp³-hybridized carbons (Fsp3) is 0.833. The van der Waals surface area contributed by atoms with Crippen molar-refractivity contribution < 1.29 is 40.3 Å². The van der Waals surface area contributed by atoms with Crippen LogP contribution in [0.3, 0.4) is 0 Å². The lowest BCUT2D eigenvalue weighted by atomic mass is 9.67. The van der Waals surface area contributed by atoms with E-state index < -0.39 is 24.2 Å². The number of unbranched alkanes of at least 4 members (excludes halogenated alkanes) is 1. The van der Waals surface area contributed by atoms with Crippen LogP contribution in [0, 0.1) is 77.6 Å². The van der Waals surface area contributed by atoms with Gasteiger partial charge in [0.15, 0.2) is 6.21 Å². The summed E-state index contributed by atoms with van der Waals surface area (Å²) >= 11 is 0. The highest BCUT2D eigenvalue weighted by Gasteiger charge is 2.43. The van der Waals surface area contributed by atoms with E-state index in [9.17, 15) is 24.9 Å². The molecule has 0 aromatic carbocycles. The van der Waals surface area contributed by atoms with Crippen molar-refractivity contribution in [2.24, 2.45) is 69.9 Å². The molecule has 3 aliphatic carbocycles. The zero-order valence-electron chi connectivity index (χ0n) is 36.1. The lowest BCUT2D eigenvalue weighted by molar-refractivity contribution is -0.711. The second-order valence-corrected chi connectivity index (χ2v) is 20.1. The van der Waals surface area contributed by atoms with Crippen LogP contribution in [0.4, 0.5) is 0 Å². The Balaban J connectivity index is 1.10. The molecule has 10 heteroatoms. The Morgan fingerprint density at radius 1 is 0.948 bits per heavy atom. The molecule has 15 unspecified atom stereocenters. The minimum Gasteiger partial charge on any atom is -0.393 e. The number of ether oxygens (including phenoxy) is 1. The minimum atomic E-state index is -0.799. The van der Waals surface area contributed by atoms with E-state index in [1.807, 2.05) is 12.8 Å². The van der Waals surface area contributed by atoms with Gasteiger partial charge >= 0.3 is 0 Å². The molecule has 58 heavy (non-hydrogen) atoms. The SMILES string of the molecule is COC1CC2CCC(=O)C(C(O)CCCCC3C[NH2+]C4CC(=O)CCC4C3)C#CC(CCC(O)C(CCC(C)C)CC3CC(N)[NH2+]CC3CC3=C[CH+]N=C3)C2CC1O. The first-order valence-electron chi connectivity index (χ1n) is 23.6. The number of Topliss-reactive ketones (excluding diaryl/α,β-unsaturated/α-hetero) is 2. The molecular weight excluding hydrogens is 729 g/mol. The van der Waals surface area contributed by atoms with E-state index in [1.165, 1.54) is 12.0 Å². The predicted molar refractivity (Wildman–Crippen MR) is 227 cm³/mol. The quantitative estimate of drug-likeness (QED) is 0.0693. The van der Waals surface area contributed by atoms with Crippen LogP contribution in [-0.4, -0.2) is 89.9 Å². The highest BCUT2D eigenvalue weighted by Crippen LogP contribution is 2.43. The van der Waals surface area contributed by atoms with Gasteiger partial charge in [0.2, 0.25) is 0 Å². The highest BCUT2D eigenvalue weighted by molar-refractivity contribution is 5.84. The van der Waals surface area contributed by atoms with E-state index in [2.05, 4.69) is 47.4 Å². The summed E-state index contributed by atoms with van der Waals surface area (Å²) in [6, 6.07) is 0.477. The predicted octanol–water partition coefficient (Wildman–Crippen LogP) is 3.86. The van der Waals surface area contributed by atoms with Gasteiger partial charge in [-0.05, 0) is 100 Å². The van der Waals surface area contributed by atoms with Crippen LogP contribution in [0.1, 0.15) is 136 Å². The molecule has 10 nitrogen and oxygen atoms in total. The van der Waals surface area contributed by atoms with E-state index in [1.54, 1.807) is 7.11 Å². The third kappa shape index (κ3) is 12.7. The summed E-state index contributed by atoms with van der Waals surface area (Å²) < 4.78 is 5.72.